The standard InChI is InChI=1S/C58H36N6/c59-37-48-35-51(40-20-9-3-10-21-40)49-30-31-50-52(41-22-11-4-12-23-41)36-53(61-55(50)54(49)60-48)44-26-15-29-47(34-44)58-63-56(45-27-13-24-42(32-45)38-16-5-1-6-17-38)62-57(64-58)46-28-14-25-43(33-46)39-18-7-2-8-19-39/h1-36H. The van der Waals surface area contributed by atoms with Crippen LogP contribution in [0.5, 0.6) is 0 Å². The van der Waals surface area contributed by atoms with E-state index in [1.807, 2.05) is 103 Å². The molecule has 0 aliphatic carbocycles. The second kappa shape index (κ2) is 16.5. The van der Waals surface area contributed by atoms with Crippen molar-refractivity contribution in [3.05, 3.63) is 224 Å². The maximum Gasteiger partial charge on any atom is 0.164 e. The molecule has 0 atom stereocenters. The topological polar surface area (TPSA) is 88.2 Å². The van der Waals surface area contributed by atoms with E-state index >= 15 is 0 Å². The number of nitrogens with zero attached hydrogens (tertiary/aromatic N) is 6. The molecule has 0 radical (unpaired) electrons. The van der Waals surface area contributed by atoms with Crippen LogP contribution in [0.4, 0.5) is 0 Å². The maximum absolute atomic E-state index is 10.2. The Morgan fingerprint density at radius 2 is 0.641 bits per heavy atom. The molecular formula is C58H36N6. The summed E-state index contributed by atoms with van der Waals surface area (Å²) in [4.78, 5) is 25.8. The SMILES string of the molecule is N#Cc1cc(-c2ccccc2)c2ccc3c(-c4ccccc4)cc(-c4cccc(-c5nc(-c6cccc(-c7ccccc7)c6)nc(-c6cccc(-c7ccccc7)c6)n5)c4)nc3c2n1. The highest BCUT2D eigenvalue weighted by molar-refractivity contribution is 6.13. The predicted octanol–water partition coefficient (Wildman–Crippen LogP) is 14.2. The third kappa shape index (κ3) is 7.34. The fourth-order valence-corrected chi connectivity index (χ4v) is 8.41. The highest BCUT2D eigenvalue weighted by atomic mass is 15.0. The van der Waals surface area contributed by atoms with E-state index in [4.69, 9.17) is 24.9 Å². The molecule has 0 bridgehead atoms. The van der Waals surface area contributed by atoms with Gasteiger partial charge < -0.3 is 0 Å². The zero-order valence-electron chi connectivity index (χ0n) is 34.5. The first kappa shape index (κ1) is 38.0. The van der Waals surface area contributed by atoms with Crippen LogP contribution < -0.4 is 0 Å². The summed E-state index contributed by atoms with van der Waals surface area (Å²) in [6.07, 6.45) is 0. The van der Waals surface area contributed by atoms with Gasteiger partial charge in [0.15, 0.2) is 17.5 Å². The first-order chi connectivity index (χ1) is 31.6. The maximum atomic E-state index is 10.2. The number of fused-ring (bicyclic) bond motifs is 3. The number of hydrogen-bond acceptors (Lipinski definition) is 6. The van der Waals surface area contributed by atoms with Crippen LogP contribution in [0.3, 0.4) is 0 Å². The molecule has 0 fully saturated rings. The molecular weight excluding hydrogens is 781 g/mol. The van der Waals surface area contributed by atoms with Crippen molar-refractivity contribution in [3.63, 3.8) is 0 Å². The van der Waals surface area contributed by atoms with Gasteiger partial charge in [0.25, 0.3) is 0 Å². The Hall–Kier alpha value is -8.92. The Morgan fingerprint density at radius 1 is 0.281 bits per heavy atom. The lowest BCUT2D eigenvalue weighted by Gasteiger charge is -2.15. The van der Waals surface area contributed by atoms with Crippen molar-refractivity contribution in [2.75, 3.05) is 0 Å². The highest BCUT2D eigenvalue weighted by Crippen LogP contribution is 2.39. The smallest absolute Gasteiger partial charge is 0.164 e. The zero-order valence-corrected chi connectivity index (χ0v) is 34.5. The minimum atomic E-state index is 0.333. The molecule has 0 aliphatic heterocycles. The summed E-state index contributed by atoms with van der Waals surface area (Å²) >= 11 is 0. The first-order valence-corrected chi connectivity index (χ1v) is 21.1. The van der Waals surface area contributed by atoms with E-state index in [1.54, 1.807) is 0 Å². The summed E-state index contributed by atoms with van der Waals surface area (Å²) in [7, 11) is 0. The van der Waals surface area contributed by atoms with Gasteiger partial charge in [0, 0.05) is 33.0 Å². The summed E-state index contributed by atoms with van der Waals surface area (Å²) < 4.78 is 0. The first-order valence-electron chi connectivity index (χ1n) is 21.1. The number of aromatic nitrogens is 5. The molecule has 0 saturated heterocycles. The van der Waals surface area contributed by atoms with Crippen LogP contribution in [0.25, 0.3) is 112 Å². The molecule has 3 heterocycles. The normalized spacial score (nSPS) is 11.1. The third-order valence-electron chi connectivity index (χ3n) is 11.6. The summed E-state index contributed by atoms with van der Waals surface area (Å²) in [5.74, 6) is 1.69. The van der Waals surface area contributed by atoms with E-state index in [0.717, 1.165) is 88.7 Å². The Balaban J connectivity index is 1.10. The second-order valence-electron chi connectivity index (χ2n) is 15.6. The molecule has 0 spiro atoms. The van der Waals surface area contributed by atoms with Crippen LogP contribution in [0.15, 0.2) is 218 Å². The minimum Gasteiger partial charge on any atom is -0.245 e. The summed E-state index contributed by atoms with van der Waals surface area (Å²) in [6.45, 7) is 0. The van der Waals surface area contributed by atoms with E-state index in [0.29, 0.717) is 28.7 Å². The summed E-state index contributed by atoms with van der Waals surface area (Å²) in [5.41, 5.74) is 14.3. The molecule has 8 aromatic carbocycles. The average molecular weight is 817 g/mol. The molecule has 11 aromatic rings. The Bertz CT molecular complexity index is 3450. The molecule has 3 aromatic heterocycles. The van der Waals surface area contributed by atoms with E-state index in [2.05, 4.69) is 121 Å². The predicted molar refractivity (Wildman–Crippen MR) is 259 cm³/mol. The largest absolute Gasteiger partial charge is 0.245 e. The minimum absolute atomic E-state index is 0.333. The molecule has 298 valence electrons. The number of hydrogen-bond donors (Lipinski definition) is 0. The number of pyridine rings is 2. The third-order valence-corrected chi connectivity index (χ3v) is 11.6. The van der Waals surface area contributed by atoms with Gasteiger partial charge in [0.1, 0.15) is 11.8 Å². The molecule has 0 aliphatic rings. The van der Waals surface area contributed by atoms with Crippen molar-refractivity contribution in [3.8, 4) is 96.0 Å². The molecule has 6 nitrogen and oxygen atoms in total. The van der Waals surface area contributed by atoms with E-state index < -0.39 is 0 Å². The average Bonchev–Trinajstić information content (AvgIpc) is 3.39. The molecule has 11 rings (SSSR count). The van der Waals surface area contributed by atoms with Crippen LogP contribution in [0.1, 0.15) is 5.69 Å². The summed E-state index contributed by atoms with van der Waals surface area (Å²) in [6, 6.07) is 76.6. The summed E-state index contributed by atoms with van der Waals surface area (Å²) in [5, 5.41) is 12.1. The van der Waals surface area contributed by atoms with Gasteiger partial charge in [0.05, 0.1) is 16.7 Å². The van der Waals surface area contributed by atoms with Crippen LogP contribution in [0.2, 0.25) is 0 Å². The van der Waals surface area contributed by atoms with Crippen molar-refractivity contribution in [2.45, 2.75) is 0 Å². The van der Waals surface area contributed by atoms with Crippen LogP contribution in [-0.2, 0) is 0 Å². The van der Waals surface area contributed by atoms with Gasteiger partial charge in [-0.3, -0.25) is 0 Å². The lowest BCUT2D eigenvalue weighted by molar-refractivity contribution is 1.07. The van der Waals surface area contributed by atoms with Crippen LogP contribution >= 0.6 is 0 Å². The van der Waals surface area contributed by atoms with Gasteiger partial charge in [-0.05, 0) is 74.8 Å². The van der Waals surface area contributed by atoms with Crippen LogP contribution in [-0.4, -0.2) is 24.9 Å². The number of rotatable bonds is 8. The van der Waals surface area contributed by atoms with Crippen LogP contribution in [0, 0.1) is 11.3 Å². The van der Waals surface area contributed by atoms with Crippen molar-refractivity contribution in [1.29, 1.82) is 5.26 Å². The number of benzene rings is 8. The molecule has 0 saturated carbocycles. The quantitative estimate of drug-likeness (QED) is 0.142. The monoisotopic (exact) mass is 816 g/mol. The zero-order chi connectivity index (χ0) is 42.8. The van der Waals surface area contributed by atoms with Crippen molar-refractivity contribution < 1.29 is 0 Å². The van der Waals surface area contributed by atoms with Gasteiger partial charge in [-0.25, -0.2) is 24.9 Å². The molecule has 6 heteroatoms. The van der Waals surface area contributed by atoms with E-state index in [-0.39, 0.29) is 0 Å². The van der Waals surface area contributed by atoms with Crippen molar-refractivity contribution >= 4 is 21.8 Å². The lowest BCUT2D eigenvalue weighted by Crippen LogP contribution is -2.01. The Morgan fingerprint density at radius 3 is 1.09 bits per heavy atom. The van der Waals surface area contributed by atoms with Gasteiger partial charge in [-0.1, -0.05) is 188 Å². The number of nitriles is 1. The van der Waals surface area contributed by atoms with E-state index in [1.165, 1.54) is 0 Å². The fraction of sp³-hybridized carbons (Fsp3) is 0. The molecule has 0 N–H and O–H groups in total. The molecule has 64 heavy (non-hydrogen) atoms. The van der Waals surface area contributed by atoms with Crippen molar-refractivity contribution in [1.82, 2.24) is 24.9 Å². The van der Waals surface area contributed by atoms with Gasteiger partial charge in [0.2, 0.25) is 0 Å². The highest BCUT2D eigenvalue weighted by Gasteiger charge is 2.19. The van der Waals surface area contributed by atoms with Crippen molar-refractivity contribution in [2.24, 2.45) is 0 Å². The Labute approximate surface area is 370 Å². The molecule has 0 unspecified atom stereocenters. The lowest BCUT2D eigenvalue weighted by atomic mass is 9.94. The van der Waals surface area contributed by atoms with E-state index in [9.17, 15) is 5.26 Å². The Kier molecular flexibility index (Phi) is 9.81. The second-order valence-corrected chi connectivity index (χ2v) is 15.6. The molecule has 0 amide bonds. The van der Waals surface area contributed by atoms with Gasteiger partial charge in [-0.15, -0.1) is 0 Å². The fourth-order valence-electron chi connectivity index (χ4n) is 8.41. The van der Waals surface area contributed by atoms with Gasteiger partial charge in [-0.2, -0.15) is 5.26 Å². The van der Waals surface area contributed by atoms with Gasteiger partial charge >= 0.3 is 0 Å².